The number of carbonyl (C=O) groups excluding carboxylic acids is 1. The second kappa shape index (κ2) is 5.55. The van der Waals surface area contributed by atoms with Crippen LogP contribution in [0.4, 0.5) is 0 Å². The van der Waals surface area contributed by atoms with Gasteiger partial charge in [0, 0.05) is 11.5 Å². The summed E-state index contributed by atoms with van der Waals surface area (Å²) in [5.41, 5.74) is 1.85. The van der Waals surface area contributed by atoms with Gasteiger partial charge < -0.3 is 9.73 Å². The molecule has 2 aromatic heterocycles. The van der Waals surface area contributed by atoms with Crippen LogP contribution in [-0.2, 0) is 0 Å². The molecule has 0 saturated heterocycles. The van der Waals surface area contributed by atoms with E-state index in [9.17, 15) is 4.79 Å². The van der Waals surface area contributed by atoms with Gasteiger partial charge in [-0.2, -0.15) is 15.4 Å². The molecular formula is C14H16N6O2. The van der Waals surface area contributed by atoms with E-state index in [1.807, 2.05) is 13.8 Å². The molecule has 0 saturated carbocycles. The lowest BCUT2D eigenvalue weighted by Gasteiger charge is -2.09. The number of fused-ring (bicyclic) bond motifs is 1. The van der Waals surface area contributed by atoms with Crippen LogP contribution < -0.4 is 5.32 Å². The number of amides is 1. The van der Waals surface area contributed by atoms with E-state index in [0.717, 1.165) is 0 Å². The lowest BCUT2D eigenvalue weighted by atomic mass is 10.1. The highest BCUT2D eigenvalue weighted by molar-refractivity contribution is 5.97. The minimum Gasteiger partial charge on any atom is -0.423 e. The first kappa shape index (κ1) is 14.2. The molecular weight excluding hydrogens is 284 g/mol. The van der Waals surface area contributed by atoms with Crippen molar-refractivity contribution in [2.24, 2.45) is 0 Å². The van der Waals surface area contributed by atoms with Crippen LogP contribution in [0.5, 0.6) is 0 Å². The summed E-state index contributed by atoms with van der Waals surface area (Å²) in [6.07, 6.45) is 0. The van der Waals surface area contributed by atoms with Crippen LogP contribution in [0.1, 0.15) is 54.9 Å². The predicted octanol–water partition coefficient (Wildman–Crippen LogP) is 1.96. The van der Waals surface area contributed by atoms with Crippen LogP contribution in [0.3, 0.4) is 0 Å². The fourth-order valence-corrected chi connectivity index (χ4v) is 1.98. The van der Waals surface area contributed by atoms with Crippen molar-refractivity contribution in [1.29, 1.82) is 0 Å². The van der Waals surface area contributed by atoms with E-state index in [4.69, 9.17) is 4.42 Å². The molecule has 114 valence electrons. The molecule has 8 nitrogen and oxygen atoms in total. The van der Waals surface area contributed by atoms with Gasteiger partial charge in [-0.25, -0.2) is 0 Å². The Bertz CT molecular complexity index is 806. The van der Waals surface area contributed by atoms with Gasteiger partial charge in [0.2, 0.25) is 11.8 Å². The van der Waals surface area contributed by atoms with Crippen LogP contribution >= 0.6 is 0 Å². The van der Waals surface area contributed by atoms with Crippen molar-refractivity contribution >= 4 is 16.9 Å². The van der Waals surface area contributed by atoms with Crippen LogP contribution in [0.2, 0.25) is 0 Å². The van der Waals surface area contributed by atoms with Crippen molar-refractivity contribution < 1.29 is 9.21 Å². The minimum atomic E-state index is -0.375. The van der Waals surface area contributed by atoms with E-state index < -0.39 is 0 Å². The predicted molar refractivity (Wildman–Crippen MR) is 78.2 cm³/mol. The maximum Gasteiger partial charge on any atom is 0.251 e. The van der Waals surface area contributed by atoms with Crippen molar-refractivity contribution in [3.05, 3.63) is 35.5 Å². The molecule has 0 aliphatic heterocycles. The van der Waals surface area contributed by atoms with Gasteiger partial charge in [0.05, 0.1) is 0 Å². The molecule has 0 spiro atoms. The molecule has 0 unspecified atom stereocenters. The molecule has 1 amide bonds. The van der Waals surface area contributed by atoms with Crippen molar-refractivity contribution in [3.8, 4) is 0 Å². The Balaban J connectivity index is 1.74. The second-order valence-corrected chi connectivity index (χ2v) is 5.36. The van der Waals surface area contributed by atoms with Crippen molar-refractivity contribution in [3.63, 3.8) is 0 Å². The number of hydrogen-bond acceptors (Lipinski definition) is 6. The first-order chi connectivity index (χ1) is 10.5. The molecule has 3 aromatic rings. The van der Waals surface area contributed by atoms with Crippen molar-refractivity contribution in [2.45, 2.75) is 32.7 Å². The molecule has 2 heterocycles. The van der Waals surface area contributed by atoms with Crippen LogP contribution in [0, 0.1) is 0 Å². The van der Waals surface area contributed by atoms with Gasteiger partial charge in [0.25, 0.3) is 5.91 Å². The van der Waals surface area contributed by atoms with E-state index in [-0.39, 0.29) is 17.9 Å². The number of aromatic amines is 1. The first-order valence-corrected chi connectivity index (χ1v) is 6.99. The number of carbonyl (C=O) groups is 1. The van der Waals surface area contributed by atoms with Gasteiger partial charge in [0.1, 0.15) is 17.1 Å². The summed E-state index contributed by atoms with van der Waals surface area (Å²) in [7, 11) is 0. The quantitative estimate of drug-likeness (QED) is 0.762. The highest BCUT2D eigenvalue weighted by Gasteiger charge is 2.18. The van der Waals surface area contributed by atoms with Gasteiger partial charge in [-0.1, -0.05) is 13.8 Å². The summed E-state index contributed by atoms with van der Waals surface area (Å²) < 4.78 is 5.54. The fourth-order valence-electron chi connectivity index (χ4n) is 1.98. The molecule has 0 radical (unpaired) electrons. The molecule has 3 rings (SSSR count). The molecule has 0 aliphatic carbocycles. The standard InChI is InChI=1S/C14H16N6O2/c1-7(2)13-18-19-14(22-13)8(3)15-12(21)9-4-5-10-11(6-9)17-20-16-10/h4-8H,1-3H3,(H,15,21)(H,16,17,20)/t8-/m0/s1. The lowest BCUT2D eigenvalue weighted by molar-refractivity contribution is 0.0934. The van der Waals surface area contributed by atoms with Gasteiger partial charge in [-0.3, -0.25) is 4.79 Å². The van der Waals surface area contributed by atoms with E-state index >= 15 is 0 Å². The van der Waals surface area contributed by atoms with E-state index in [1.165, 1.54) is 0 Å². The summed E-state index contributed by atoms with van der Waals surface area (Å²) in [5.74, 6) is 0.861. The zero-order valence-electron chi connectivity index (χ0n) is 12.5. The average Bonchev–Trinajstić information content (AvgIpc) is 3.15. The van der Waals surface area contributed by atoms with Crippen LogP contribution in [-0.4, -0.2) is 31.5 Å². The number of H-pyrrole nitrogens is 1. The number of nitrogens with one attached hydrogen (secondary N) is 2. The number of rotatable bonds is 4. The summed E-state index contributed by atoms with van der Waals surface area (Å²) in [4.78, 5) is 12.3. The molecule has 2 N–H and O–H groups in total. The van der Waals surface area contributed by atoms with E-state index in [0.29, 0.717) is 28.4 Å². The second-order valence-electron chi connectivity index (χ2n) is 5.36. The smallest absolute Gasteiger partial charge is 0.251 e. The van der Waals surface area contributed by atoms with Gasteiger partial charge in [0.15, 0.2) is 0 Å². The molecule has 8 heteroatoms. The number of benzene rings is 1. The largest absolute Gasteiger partial charge is 0.423 e. The molecule has 1 aromatic carbocycles. The third kappa shape index (κ3) is 2.67. The lowest BCUT2D eigenvalue weighted by Crippen LogP contribution is -2.26. The molecule has 0 bridgehead atoms. The van der Waals surface area contributed by atoms with Crippen molar-refractivity contribution in [2.75, 3.05) is 0 Å². The third-order valence-corrected chi connectivity index (χ3v) is 3.25. The van der Waals surface area contributed by atoms with Gasteiger partial charge >= 0.3 is 0 Å². The zero-order chi connectivity index (χ0) is 15.7. The maximum atomic E-state index is 12.3. The summed E-state index contributed by atoms with van der Waals surface area (Å²) in [6.45, 7) is 5.73. The van der Waals surface area contributed by atoms with E-state index in [2.05, 4.69) is 30.9 Å². The molecule has 0 aliphatic rings. The summed E-state index contributed by atoms with van der Waals surface area (Å²) in [5, 5.41) is 21.2. The normalized spacial score (nSPS) is 12.7. The third-order valence-electron chi connectivity index (χ3n) is 3.25. The highest BCUT2D eigenvalue weighted by atomic mass is 16.4. The van der Waals surface area contributed by atoms with Gasteiger partial charge in [-0.05, 0) is 25.1 Å². The Morgan fingerprint density at radius 1 is 1.14 bits per heavy atom. The first-order valence-electron chi connectivity index (χ1n) is 6.99. The Morgan fingerprint density at radius 2 is 1.86 bits per heavy atom. The number of nitrogens with zero attached hydrogens (tertiary/aromatic N) is 4. The summed E-state index contributed by atoms with van der Waals surface area (Å²) >= 11 is 0. The Labute approximate surface area is 126 Å². The maximum absolute atomic E-state index is 12.3. The van der Waals surface area contributed by atoms with Crippen LogP contribution in [0.15, 0.2) is 22.6 Å². The number of hydrogen-bond donors (Lipinski definition) is 2. The topological polar surface area (TPSA) is 110 Å². The molecule has 22 heavy (non-hydrogen) atoms. The molecule has 1 atom stereocenters. The molecule has 0 fully saturated rings. The fraction of sp³-hybridized carbons (Fsp3) is 0.357. The Morgan fingerprint density at radius 3 is 2.59 bits per heavy atom. The Hall–Kier alpha value is -2.77. The monoisotopic (exact) mass is 300 g/mol. The zero-order valence-corrected chi connectivity index (χ0v) is 12.5. The highest BCUT2D eigenvalue weighted by Crippen LogP contribution is 2.17. The van der Waals surface area contributed by atoms with Crippen molar-refractivity contribution in [1.82, 2.24) is 30.9 Å². The minimum absolute atomic E-state index is 0.152. The Kier molecular flexibility index (Phi) is 3.58. The summed E-state index contributed by atoms with van der Waals surface area (Å²) in [6, 6.07) is 4.73. The SMILES string of the molecule is CC(C)c1nnc([C@H](C)NC(=O)c2ccc3n[nH]nc3c2)o1. The van der Waals surface area contributed by atoms with Gasteiger partial charge in [-0.15, -0.1) is 10.2 Å². The van der Waals surface area contributed by atoms with Crippen LogP contribution in [0.25, 0.3) is 11.0 Å². The average molecular weight is 300 g/mol. The number of aromatic nitrogens is 5. The van der Waals surface area contributed by atoms with E-state index in [1.54, 1.807) is 25.1 Å².